The highest BCUT2D eigenvalue weighted by molar-refractivity contribution is 5.39. The first-order valence-corrected chi connectivity index (χ1v) is 7.93. The van der Waals surface area contributed by atoms with Gasteiger partial charge in [0.1, 0.15) is 18.1 Å². The fourth-order valence-corrected chi connectivity index (χ4v) is 2.68. The van der Waals surface area contributed by atoms with Crippen LogP contribution >= 0.6 is 0 Å². The molecule has 1 aromatic heterocycles. The van der Waals surface area contributed by atoms with Crippen molar-refractivity contribution < 1.29 is 14.9 Å². The SMILES string of the molecule is CCCC=C(C)Cc1cn([C@H]2C[C@H](O)[C@@H](CO)O2)c(=O)nc1N. The number of aliphatic hydroxyl groups excluding tert-OH is 2. The van der Waals surface area contributed by atoms with Crippen LogP contribution in [0, 0.1) is 0 Å². The fourth-order valence-electron chi connectivity index (χ4n) is 2.68. The molecule has 2 rings (SSSR count). The molecule has 0 bridgehead atoms. The Morgan fingerprint density at radius 1 is 1.61 bits per heavy atom. The van der Waals surface area contributed by atoms with Gasteiger partial charge >= 0.3 is 5.69 Å². The van der Waals surface area contributed by atoms with Gasteiger partial charge in [0.15, 0.2) is 0 Å². The zero-order valence-electron chi connectivity index (χ0n) is 13.6. The van der Waals surface area contributed by atoms with Crippen molar-refractivity contribution in [1.29, 1.82) is 0 Å². The number of anilines is 1. The van der Waals surface area contributed by atoms with Crippen molar-refractivity contribution in [2.24, 2.45) is 0 Å². The van der Waals surface area contributed by atoms with E-state index in [4.69, 9.17) is 15.6 Å². The average molecular weight is 323 g/mol. The lowest BCUT2D eigenvalue weighted by Gasteiger charge is -2.16. The van der Waals surface area contributed by atoms with E-state index in [0.717, 1.165) is 24.0 Å². The molecule has 1 saturated heterocycles. The minimum atomic E-state index is -0.802. The van der Waals surface area contributed by atoms with Crippen LogP contribution in [0.25, 0.3) is 0 Å². The number of aromatic nitrogens is 2. The van der Waals surface area contributed by atoms with Gasteiger partial charge < -0.3 is 20.7 Å². The molecule has 7 nitrogen and oxygen atoms in total. The predicted octanol–water partition coefficient (Wildman–Crippen LogP) is 0.755. The summed E-state index contributed by atoms with van der Waals surface area (Å²) in [4.78, 5) is 15.9. The van der Waals surface area contributed by atoms with Gasteiger partial charge in [0.2, 0.25) is 0 Å². The van der Waals surface area contributed by atoms with Gasteiger partial charge in [0.25, 0.3) is 0 Å². The van der Waals surface area contributed by atoms with Crippen molar-refractivity contribution in [3.8, 4) is 0 Å². The molecule has 0 radical (unpaired) electrons. The largest absolute Gasteiger partial charge is 0.394 e. The Balaban J connectivity index is 2.25. The normalized spacial score (nSPS) is 25.0. The van der Waals surface area contributed by atoms with Gasteiger partial charge in [-0.25, -0.2) is 4.79 Å². The molecule has 4 N–H and O–H groups in total. The molecule has 3 atom stereocenters. The van der Waals surface area contributed by atoms with Gasteiger partial charge in [0.05, 0.1) is 12.7 Å². The number of hydrogen-bond donors (Lipinski definition) is 3. The van der Waals surface area contributed by atoms with E-state index in [0.29, 0.717) is 6.42 Å². The molecule has 0 aromatic carbocycles. The number of nitrogens with two attached hydrogens (primary N) is 1. The first-order valence-electron chi connectivity index (χ1n) is 7.93. The van der Waals surface area contributed by atoms with Gasteiger partial charge in [-0.1, -0.05) is 25.0 Å². The molecule has 1 aliphatic rings. The van der Waals surface area contributed by atoms with Crippen LogP contribution < -0.4 is 11.4 Å². The standard InChI is InChI=1S/C16H25N3O4/c1-3-4-5-10(2)6-11-8-19(16(22)18-15(11)17)14-7-12(21)13(9-20)23-14/h5,8,12-14,20-21H,3-4,6-7,9H2,1-2H3,(H2,17,18,22)/t12-,13+,14+/m0/s1. The monoisotopic (exact) mass is 323 g/mol. The number of allylic oxidation sites excluding steroid dienone is 2. The molecular formula is C16H25N3O4. The molecule has 1 aromatic rings. The number of hydrogen-bond acceptors (Lipinski definition) is 6. The molecule has 0 aliphatic carbocycles. The van der Waals surface area contributed by atoms with Crippen LogP contribution in [-0.4, -0.2) is 38.6 Å². The summed E-state index contributed by atoms with van der Waals surface area (Å²) in [6, 6.07) is 0. The topological polar surface area (TPSA) is 111 Å². The summed E-state index contributed by atoms with van der Waals surface area (Å²) >= 11 is 0. The van der Waals surface area contributed by atoms with Crippen LogP contribution in [0.4, 0.5) is 5.82 Å². The van der Waals surface area contributed by atoms with E-state index in [9.17, 15) is 9.90 Å². The Bertz CT molecular complexity index is 626. The first kappa shape index (κ1) is 17.7. The summed E-state index contributed by atoms with van der Waals surface area (Å²) in [5, 5.41) is 19.0. The van der Waals surface area contributed by atoms with Crippen molar-refractivity contribution in [2.45, 2.75) is 58.0 Å². The van der Waals surface area contributed by atoms with E-state index in [-0.39, 0.29) is 18.8 Å². The second-order valence-electron chi connectivity index (χ2n) is 5.97. The third-order valence-electron chi connectivity index (χ3n) is 4.01. The fraction of sp³-hybridized carbons (Fsp3) is 0.625. The molecule has 0 spiro atoms. The van der Waals surface area contributed by atoms with E-state index in [1.54, 1.807) is 6.20 Å². The average Bonchev–Trinajstić information content (AvgIpc) is 2.88. The molecule has 2 heterocycles. The minimum absolute atomic E-state index is 0.216. The maximum atomic E-state index is 12.1. The molecule has 1 fully saturated rings. The highest BCUT2D eigenvalue weighted by Gasteiger charge is 2.35. The van der Waals surface area contributed by atoms with Gasteiger partial charge in [-0.15, -0.1) is 0 Å². The van der Waals surface area contributed by atoms with Crippen molar-refractivity contribution in [1.82, 2.24) is 9.55 Å². The molecule has 0 unspecified atom stereocenters. The maximum Gasteiger partial charge on any atom is 0.351 e. The summed E-state index contributed by atoms with van der Waals surface area (Å²) in [5.74, 6) is 0.216. The lowest BCUT2D eigenvalue weighted by Crippen LogP contribution is -2.29. The van der Waals surface area contributed by atoms with Gasteiger partial charge in [-0.2, -0.15) is 4.98 Å². The lowest BCUT2D eigenvalue weighted by atomic mass is 10.1. The number of nitrogens with zero attached hydrogens (tertiary/aromatic N) is 2. The highest BCUT2D eigenvalue weighted by Crippen LogP contribution is 2.28. The number of nitrogen functional groups attached to an aromatic ring is 1. The molecule has 1 aliphatic heterocycles. The molecule has 0 amide bonds. The quantitative estimate of drug-likeness (QED) is 0.666. The zero-order chi connectivity index (χ0) is 17.0. The number of rotatable bonds is 6. The van der Waals surface area contributed by atoms with E-state index in [1.807, 2.05) is 6.92 Å². The molecule has 7 heteroatoms. The Hall–Kier alpha value is -1.70. The zero-order valence-corrected chi connectivity index (χ0v) is 13.6. The second-order valence-corrected chi connectivity index (χ2v) is 5.97. The van der Waals surface area contributed by atoms with E-state index < -0.39 is 24.1 Å². The Kier molecular flexibility index (Phi) is 5.92. The molecule has 0 saturated carbocycles. The van der Waals surface area contributed by atoms with Crippen LogP contribution in [0.3, 0.4) is 0 Å². The van der Waals surface area contributed by atoms with E-state index in [2.05, 4.69) is 18.0 Å². The third-order valence-corrected chi connectivity index (χ3v) is 4.01. The van der Waals surface area contributed by atoms with Crippen molar-refractivity contribution in [3.05, 3.63) is 33.9 Å². The number of aliphatic hydroxyl groups is 2. The minimum Gasteiger partial charge on any atom is -0.394 e. The summed E-state index contributed by atoms with van der Waals surface area (Å²) in [5.41, 5.74) is 7.26. The van der Waals surface area contributed by atoms with E-state index in [1.165, 1.54) is 4.57 Å². The van der Waals surface area contributed by atoms with E-state index >= 15 is 0 Å². The Morgan fingerprint density at radius 2 is 2.35 bits per heavy atom. The highest BCUT2D eigenvalue weighted by atomic mass is 16.5. The number of ether oxygens (including phenoxy) is 1. The molecule has 23 heavy (non-hydrogen) atoms. The second kappa shape index (κ2) is 7.72. The van der Waals surface area contributed by atoms with Gasteiger partial charge in [-0.3, -0.25) is 4.57 Å². The third kappa shape index (κ3) is 4.19. The Morgan fingerprint density at radius 3 is 2.96 bits per heavy atom. The van der Waals surface area contributed by atoms with Crippen LogP contribution in [0.2, 0.25) is 0 Å². The summed E-state index contributed by atoms with van der Waals surface area (Å²) < 4.78 is 6.87. The predicted molar refractivity (Wildman–Crippen MR) is 86.9 cm³/mol. The lowest BCUT2D eigenvalue weighted by molar-refractivity contribution is -0.0459. The summed E-state index contributed by atoms with van der Waals surface area (Å²) in [6.45, 7) is 3.84. The molecular weight excluding hydrogens is 298 g/mol. The smallest absolute Gasteiger partial charge is 0.351 e. The van der Waals surface area contributed by atoms with Crippen LogP contribution in [0.1, 0.15) is 44.9 Å². The van der Waals surface area contributed by atoms with Crippen LogP contribution in [0.5, 0.6) is 0 Å². The maximum absolute atomic E-state index is 12.1. The van der Waals surface area contributed by atoms with Gasteiger partial charge in [0, 0.05) is 18.2 Å². The first-order chi connectivity index (χ1) is 11.0. The Labute approximate surface area is 135 Å². The van der Waals surface area contributed by atoms with Gasteiger partial charge in [-0.05, 0) is 19.8 Å². The van der Waals surface area contributed by atoms with Crippen molar-refractivity contribution >= 4 is 5.82 Å². The summed E-state index contributed by atoms with van der Waals surface area (Å²) in [6.07, 6.45) is 4.58. The van der Waals surface area contributed by atoms with Crippen LogP contribution in [-0.2, 0) is 11.2 Å². The summed E-state index contributed by atoms with van der Waals surface area (Å²) in [7, 11) is 0. The molecule has 128 valence electrons. The van der Waals surface area contributed by atoms with Crippen LogP contribution in [0.15, 0.2) is 22.6 Å². The number of unbranched alkanes of at least 4 members (excludes halogenated alkanes) is 1. The van der Waals surface area contributed by atoms with Crippen molar-refractivity contribution in [2.75, 3.05) is 12.3 Å². The van der Waals surface area contributed by atoms with Crippen molar-refractivity contribution in [3.63, 3.8) is 0 Å².